The van der Waals surface area contributed by atoms with Gasteiger partial charge < -0.3 is 4.98 Å². The molecule has 0 spiro atoms. The first kappa shape index (κ1) is 20.8. The van der Waals surface area contributed by atoms with Crippen molar-refractivity contribution < 1.29 is 0 Å². The van der Waals surface area contributed by atoms with Crippen molar-refractivity contribution in [3.05, 3.63) is 112 Å². The molecule has 0 amide bonds. The molecule has 3 heterocycles. The minimum Gasteiger partial charge on any atom is -0.347 e. The van der Waals surface area contributed by atoms with E-state index in [4.69, 9.17) is 21.7 Å². The molecule has 0 saturated carbocycles. The molecular formula is C25H22ClN5S. The number of nitrogens with zero attached hydrogens (tertiary/aromatic N) is 4. The third kappa shape index (κ3) is 4.42. The third-order valence-corrected chi connectivity index (χ3v) is 6.70. The highest BCUT2D eigenvalue weighted by atomic mass is 35.5. The molecule has 0 aliphatic carbocycles. The Balaban J connectivity index is 1.42. The number of H-pyrrole nitrogens is 1. The topological polar surface area (TPSA) is 58.9 Å². The van der Waals surface area contributed by atoms with Crippen LogP contribution in [0.3, 0.4) is 0 Å². The van der Waals surface area contributed by atoms with Gasteiger partial charge in [-0.15, -0.1) is 5.10 Å². The normalized spacial score (nSPS) is 12.3. The number of aryl methyl sites for hydroxylation is 2. The Kier molecular flexibility index (Phi) is 5.72. The van der Waals surface area contributed by atoms with E-state index >= 15 is 0 Å². The van der Waals surface area contributed by atoms with Crippen molar-refractivity contribution >= 4 is 29.0 Å². The quantitative estimate of drug-likeness (QED) is 0.307. The Morgan fingerprint density at radius 2 is 1.72 bits per heavy atom. The van der Waals surface area contributed by atoms with Crippen LogP contribution in [0.4, 0.5) is 0 Å². The maximum atomic E-state index is 6.00. The molecule has 5 rings (SSSR count). The average molecular weight is 460 g/mol. The van der Waals surface area contributed by atoms with Gasteiger partial charge in [-0.25, -0.2) is 14.5 Å². The summed E-state index contributed by atoms with van der Waals surface area (Å²) in [6, 6.07) is 20.8. The van der Waals surface area contributed by atoms with Crippen LogP contribution < -0.4 is 0 Å². The van der Waals surface area contributed by atoms with Crippen LogP contribution in [0.2, 0.25) is 5.02 Å². The van der Waals surface area contributed by atoms with Gasteiger partial charge in [0.1, 0.15) is 5.82 Å². The number of thioether (sulfide) groups is 1. The highest BCUT2D eigenvalue weighted by molar-refractivity contribution is 7.99. The van der Waals surface area contributed by atoms with Gasteiger partial charge in [-0.1, -0.05) is 59.8 Å². The molecule has 0 radical (unpaired) electrons. The molecule has 32 heavy (non-hydrogen) atoms. The Hall–Kier alpha value is -3.09. The van der Waals surface area contributed by atoms with Crippen molar-refractivity contribution in [2.75, 3.05) is 0 Å². The fraction of sp³-hybridized carbons (Fsp3) is 0.160. The molecule has 5 aromatic rings. The Labute approximate surface area is 195 Å². The molecular weight excluding hydrogens is 438 g/mol. The number of imidazole rings is 1. The largest absolute Gasteiger partial charge is 0.347 e. The molecule has 2 aromatic carbocycles. The van der Waals surface area contributed by atoms with E-state index in [1.807, 2.05) is 29.8 Å². The number of aromatic amines is 1. The molecule has 1 unspecified atom stereocenters. The smallest absolute Gasteiger partial charge is 0.210 e. The van der Waals surface area contributed by atoms with Gasteiger partial charge in [-0.05, 0) is 66.8 Å². The van der Waals surface area contributed by atoms with Crippen molar-refractivity contribution in [3.8, 4) is 0 Å². The minimum absolute atomic E-state index is 0.0339. The first-order valence-corrected chi connectivity index (χ1v) is 11.6. The van der Waals surface area contributed by atoms with E-state index < -0.39 is 0 Å². The predicted molar refractivity (Wildman–Crippen MR) is 129 cm³/mol. The zero-order valence-corrected chi connectivity index (χ0v) is 19.4. The van der Waals surface area contributed by atoms with Gasteiger partial charge in [0.15, 0.2) is 5.65 Å². The van der Waals surface area contributed by atoms with E-state index in [0.717, 1.165) is 39.3 Å². The lowest BCUT2D eigenvalue weighted by Crippen LogP contribution is -2.01. The van der Waals surface area contributed by atoms with Crippen LogP contribution in [-0.4, -0.2) is 24.6 Å². The standard InChI is InChI=1S/C25H22ClN5S/c1-16-13-17(2)31-22(14-16)29-25(30-31)32-23(24-27-11-12-28-24)20-7-3-18(4-8-20)15-19-5-9-21(26)10-6-19/h3-14,23H,15H2,1-2H3,(H,27,28). The molecule has 7 heteroatoms. The number of hydrogen-bond acceptors (Lipinski definition) is 4. The molecule has 0 aliphatic heterocycles. The summed E-state index contributed by atoms with van der Waals surface area (Å²) in [5.74, 6) is 0.882. The summed E-state index contributed by atoms with van der Waals surface area (Å²) < 4.78 is 1.89. The molecule has 1 N–H and O–H groups in total. The monoisotopic (exact) mass is 459 g/mol. The van der Waals surface area contributed by atoms with E-state index in [9.17, 15) is 0 Å². The number of pyridine rings is 1. The highest BCUT2D eigenvalue weighted by Gasteiger charge is 2.21. The summed E-state index contributed by atoms with van der Waals surface area (Å²) in [7, 11) is 0. The van der Waals surface area contributed by atoms with Crippen LogP contribution in [0, 0.1) is 13.8 Å². The van der Waals surface area contributed by atoms with Crippen LogP contribution in [0.1, 0.15) is 39.0 Å². The second-order valence-corrected chi connectivity index (χ2v) is 9.36. The predicted octanol–water partition coefficient (Wildman–Crippen LogP) is 6.20. The maximum Gasteiger partial charge on any atom is 0.210 e. The molecule has 5 nitrogen and oxygen atoms in total. The average Bonchev–Trinajstić information content (AvgIpc) is 3.44. The molecule has 0 saturated heterocycles. The zero-order chi connectivity index (χ0) is 22.1. The Morgan fingerprint density at radius 3 is 2.41 bits per heavy atom. The lowest BCUT2D eigenvalue weighted by Gasteiger charge is -2.14. The number of benzene rings is 2. The summed E-state index contributed by atoms with van der Waals surface area (Å²) in [5, 5.41) is 6.18. The van der Waals surface area contributed by atoms with Crippen molar-refractivity contribution in [3.63, 3.8) is 0 Å². The van der Waals surface area contributed by atoms with Gasteiger partial charge in [0.05, 0.1) is 5.25 Å². The number of halogens is 1. The summed E-state index contributed by atoms with van der Waals surface area (Å²) in [5.41, 5.74) is 6.74. The fourth-order valence-electron chi connectivity index (χ4n) is 3.80. The van der Waals surface area contributed by atoms with Crippen LogP contribution in [-0.2, 0) is 6.42 Å². The number of rotatable bonds is 6. The van der Waals surface area contributed by atoms with E-state index in [2.05, 4.69) is 65.4 Å². The molecule has 1 atom stereocenters. The van der Waals surface area contributed by atoms with E-state index in [0.29, 0.717) is 0 Å². The van der Waals surface area contributed by atoms with Crippen LogP contribution >= 0.6 is 23.4 Å². The number of nitrogens with one attached hydrogen (secondary N) is 1. The third-order valence-electron chi connectivity index (χ3n) is 5.34. The highest BCUT2D eigenvalue weighted by Crippen LogP contribution is 2.38. The number of aromatic nitrogens is 5. The van der Waals surface area contributed by atoms with Gasteiger partial charge in [-0.2, -0.15) is 0 Å². The lowest BCUT2D eigenvalue weighted by atomic mass is 10.0. The van der Waals surface area contributed by atoms with Gasteiger partial charge >= 0.3 is 0 Å². The van der Waals surface area contributed by atoms with Crippen molar-refractivity contribution in [1.82, 2.24) is 24.6 Å². The fourth-order valence-corrected chi connectivity index (χ4v) is 4.95. The maximum absolute atomic E-state index is 6.00. The van der Waals surface area contributed by atoms with E-state index in [-0.39, 0.29) is 5.25 Å². The van der Waals surface area contributed by atoms with Gasteiger partial charge in [0, 0.05) is 23.1 Å². The number of hydrogen-bond donors (Lipinski definition) is 1. The summed E-state index contributed by atoms with van der Waals surface area (Å²) >= 11 is 7.60. The Morgan fingerprint density at radius 1 is 1.00 bits per heavy atom. The molecule has 160 valence electrons. The van der Waals surface area contributed by atoms with Crippen molar-refractivity contribution in [2.24, 2.45) is 0 Å². The summed E-state index contributed by atoms with van der Waals surface area (Å²) in [6.07, 6.45) is 4.49. The van der Waals surface area contributed by atoms with E-state index in [1.165, 1.54) is 16.7 Å². The van der Waals surface area contributed by atoms with E-state index in [1.54, 1.807) is 18.0 Å². The second-order valence-electron chi connectivity index (χ2n) is 7.86. The summed E-state index contributed by atoms with van der Waals surface area (Å²) in [4.78, 5) is 12.5. The summed E-state index contributed by atoms with van der Waals surface area (Å²) in [6.45, 7) is 4.12. The lowest BCUT2D eigenvalue weighted by molar-refractivity contribution is 0.851. The Bertz CT molecular complexity index is 1340. The van der Waals surface area contributed by atoms with Gasteiger partial charge in [0.25, 0.3) is 0 Å². The molecule has 0 bridgehead atoms. The van der Waals surface area contributed by atoms with Crippen molar-refractivity contribution in [1.29, 1.82) is 0 Å². The zero-order valence-electron chi connectivity index (χ0n) is 17.8. The van der Waals surface area contributed by atoms with Gasteiger partial charge in [0.2, 0.25) is 5.16 Å². The van der Waals surface area contributed by atoms with Crippen molar-refractivity contribution in [2.45, 2.75) is 30.7 Å². The molecule has 3 aromatic heterocycles. The van der Waals surface area contributed by atoms with Gasteiger partial charge in [-0.3, -0.25) is 0 Å². The first-order chi connectivity index (χ1) is 15.5. The van der Waals surface area contributed by atoms with Crippen LogP contribution in [0.5, 0.6) is 0 Å². The minimum atomic E-state index is -0.0339. The first-order valence-electron chi connectivity index (χ1n) is 10.4. The van der Waals surface area contributed by atoms with Crippen LogP contribution in [0.25, 0.3) is 5.65 Å². The second kappa shape index (κ2) is 8.81. The molecule has 0 fully saturated rings. The molecule has 0 aliphatic rings. The van der Waals surface area contributed by atoms with Crippen LogP contribution in [0.15, 0.2) is 78.2 Å². The number of fused-ring (bicyclic) bond motifs is 1. The SMILES string of the molecule is Cc1cc(C)n2nc(SC(c3ccc(Cc4ccc(Cl)cc4)cc3)c3ncc[nH]3)nc2c1.